The molecule has 7 heteroatoms. The molecular weight excluding hydrogens is 318 g/mol. The zero-order valence-electron chi connectivity index (χ0n) is 14.7. The SMILES string of the molecule is Cc1ccc(=O)n(CC2CCN(Cc3cc4n(n3)CCOC4)CC2)n1. The maximum atomic E-state index is 11.9. The van der Waals surface area contributed by atoms with Crippen LogP contribution in [0.3, 0.4) is 0 Å². The van der Waals surface area contributed by atoms with Crippen LogP contribution in [0.25, 0.3) is 0 Å². The average molecular weight is 343 g/mol. The first-order chi connectivity index (χ1) is 12.2. The molecule has 4 rings (SSSR count). The second-order valence-corrected chi connectivity index (χ2v) is 7.12. The van der Waals surface area contributed by atoms with Gasteiger partial charge in [-0.25, -0.2) is 4.68 Å². The van der Waals surface area contributed by atoms with Crippen LogP contribution < -0.4 is 5.56 Å². The van der Waals surface area contributed by atoms with E-state index < -0.39 is 0 Å². The van der Waals surface area contributed by atoms with Gasteiger partial charge in [0.1, 0.15) is 0 Å². The van der Waals surface area contributed by atoms with Crippen molar-refractivity contribution < 1.29 is 4.74 Å². The van der Waals surface area contributed by atoms with Crippen molar-refractivity contribution in [2.75, 3.05) is 19.7 Å². The Hall–Kier alpha value is -1.99. The van der Waals surface area contributed by atoms with Crippen LogP contribution in [0.5, 0.6) is 0 Å². The number of fused-ring (bicyclic) bond motifs is 1. The minimum Gasteiger partial charge on any atom is -0.373 e. The quantitative estimate of drug-likeness (QED) is 0.834. The van der Waals surface area contributed by atoms with E-state index in [2.05, 4.69) is 20.7 Å². The van der Waals surface area contributed by atoms with E-state index in [1.54, 1.807) is 16.8 Å². The van der Waals surface area contributed by atoms with Gasteiger partial charge in [0.15, 0.2) is 0 Å². The van der Waals surface area contributed by atoms with Gasteiger partial charge in [0.2, 0.25) is 0 Å². The minimum atomic E-state index is -0.00107. The fourth-order valence-corrected chi connectivity index (χ4v) is 3.71. The molecule has 4 heterocycles. The van der Waals surface area contributed by atoms with Crippen molar-refractivity contribution in [3.8, 4) is 0 Å². The van der Waals surface area contributed by atoms with Crippen molar-refractivity contribution >= 4 is 0 Å². The van der Waals surface area contributed by atoms with E-state index in [-0.39, 0.29) is 5.56 Å². The number of likely N-dealkylation sites (tertiary alicyclic amines) is 1. The van der Waals surface area contributed by atoms with Crippen molar-refractivity contribution in [1.29, 1.82) is 0 Å². The van der Waals surface area contributed by atoms with Crippen LogP contribution in [0, 0.1) is 12.8 Å². The standard InChI is InChI=1S/C18H25N5O2/c1-14-2-3-18(24)23(19-14)11-15-4-6-21(7-5-15)12-16-10-17-13-25-9-8-22(17)20-16/h2-3,10,15H,4-9,11-13H2,1H3. The Kier molecular flexibility index (Phi) is 4.67. The van der Waals surface area contributed by atoms with Gasteiger partial charge in [-0.05, 0) is 50.9 Å². The zero-order valence-corrected chi connectivity index (χ0v) is 14.7. The number of aromatic nitrogens is 4. The van der Waals surface area contributed by atoms with Crippen LogP contribution in [-0.2, 0) is 31.0 Å². The highest BCUT2D eigenvalue weighted by Crippen LogP contribution is 2.20. The maximum Gasteiger partial charge on any atom is 0.266 e. The molecule has 0 saturated carbocycles. The summed E-state index contributed by atoms with van der Waals surface area (Å²) < 4.78 is 9.17. The van der Waals surface area contributed by atoms with E-state index in [0.29, 0.717) is 12.5 Å². The van der Waals surface area contributed by atoms with E-state index in [9.17, 15) is 4.79 Å². The Balaban J connectivity index is 1.31. The number of hydrogen-bond acceptors (Lipinski definition) is 5. The second kappa shape index (κ2) is 7.09. The lowest BCUT2D eigenvalue weighted by Crippen LogP contribution is -2.36. The van der Waals surface area contributed by atoms with E-state index in [1.165, 1.54) is 5.69 Å². The molecule has 1 fully saturated rings. The molecule has 0 aromatic carbocycles. The van der Waals surface area contributed by atoms with Crippen LogP contribution >= 0.6 is 0 Å². The Morgan fingerprint density at radius 2 is 2.04 bits per heavy atom. The molecule has 134 valence electrons. The van der Waals surface area contributed by atoms with Crippen molar-refractivity contribution in [2.24, 2.45) is 5.92 Å². The Morgan fingerprint density at radius 3 is 2.84 bits per heavy atom. The number of rotatable bonds is 4. The molecule has 0 amide bonds. The van der Waals surface area contributed by atoms with Gasteiger partial charge in [0.05, 0.1) is 36.8 Å². The van der Waals surface area contributed by atoms with Gasteiger partial charge in [-0.1, -0.05) is 0 Å². The highest BCUT2D eigenvalue weighted by molar-refractivity contribution is 5.10. The molecule has 25 heavy (non-hydrogen) atoms. The van der Waals surface area contributed by atoms with Gasteiger partial charge in [-0.2, -0.15) is 10.2 Å². The highest BCUT2D eigenvalue weighted by Gasteiger charge is 2.22. The fraction of sp³-hybridized carbons (Fsp3) is 0.611. The first kappa shape index (κ1) is 16.5. The predicted molar refractivity (Wildman–Crippen MR) is 93.1 cm³/mol. The molecule has 0 spiro atoms. The number of piperidine rings is 1. The summed E-state index contributed by atoms with van der Waals surface area (Å²) in [5.41, 5.74) is 3.21. The molecule has 2 aromatic heterocycles. The third-order valence-corrected chi connectivity index (χ3v) is 5.14. The highest BCUT2D eigenvalue weighted by atomic mass is 16.5. The average Bonchev–Trinajstić information content (AvgIpc) is 3.02. The summed E-state index contributed by atoms with van der Waals surface area (Å²) in [6.07, 6.45) is 2.19. The lowest BCUT2D eigenvalue weighted by atomic mass is 9.96. The molecule has 0 aliphatic carbocycles. The molecule has 1 saturated heterocycles. The van der Waals surface area contributed by atoms with Gasteiger partial charge in [0.25, 0.3) is 5.56 Å². The Morgan fingerprint density at radius 1 is 1.20 bits per heavy atom. The summed E-state index contributed by atoms with van der Waals surface area (Å²) >= 11 is 0. The predicted octanol–water partition coefficient (Wildman–Crippen LogP) is 1.19. The van der Waals surface area contributed by atoms with Crippen LogP contribution in [0.2, 0.25) is 0 Å². The largest absolute Gasteiger partial charge is 0.373 e. The van der Waals surface area contributed by atoms with Crippen molar-refractivity contribution in [3.05, 3.63) is 45.6 Å². The summed E-state index contributed by atoms with van der Waals surface area (Å²) in [6.45, 7) is 7.93. The number of hydrogen-bond donors (Lipinski definition) is 0. The molecule has 2 aromatic rings. The molecule has 7 nitrogen and oxygen atoms in total. The normalized spacial score (nSPS) is 19.1. The van der Waals surface area contributed by atoms with Gasteiger partial charge in [-0.15, -0.1) is 0 Å². The van der Waals surface area contributed by atoms with Gasteiger partial charge in [0, 0.05) is 19.2 Å². The van der Waals surface area contributed by atoms with Crippen molar-refractivity contribution in [3.63, 3.8) is 0 Å². The second-order valence-electron chi connectivity index (χ2n) is 7.12. The minimum absolute atomic E-state index is 0.00107. The number of ether oxygens (including phenoxy) is 1. The summed E-state index contributed by atoms with van der Waals surface area (Å²) in [5.74, 6) is 0.520. The summed E-state index contributed by atoms with van der Waals surface area (Å²) in [6, 6.07) is 5.56. The maximum absolute atomic E-state index is 11.9. The lowest BCUT2D eigenvalue weighted by Gasteiger charge is -2.31. The van der Waals surface area contributed by atoms with Crippen LogP contribution in [-0.4, -0.2) is 44.2 Å². The Bertz CT molecular complexity index is 766. The third kappa shape index (κ3) is 3.82. The van der Waals surface area contributed by atoms with Gasteiger partial charge < -0.3 is 4.74 Å². The molecule has 0 N–H and O–H groups in total. The topological polar surface area (TPSA) is 65.2 Å². The molecule has 2 aliphatic heterocycles. The fourth-order valence-electron chi connectivity index (χ4n) is 3.71. The van der Waals surface area contributed by atoms with Crippen LogP contribution in [0.4, 0.5) is 0 Å². The van der Waals surface area contributed by atoms with Crippen molar-refractivity contribution in [2.45, 2.75) is 46.0 Å². The summed E-state index contributed by atoms with van der Waals surface area (Å²) in [5, 5.41) is 9.05. The van der Waals surface area contributed by atoms with Crippen molar-refractivity contribution in [1.82, 2.24) is 24.5 Å². The zero-order chi connectivity index (χ0) is 17.2. The molecular formula is C18H25N5O2. The number of nitrogens with zero attached hydrogens (tertiary/aromatic N) is 5. The van der Waals surface area contributed by atoms with E-state index in [1.807, 2.05) is 6.92 Å². The summed E-state index contributed by atoms with van der Waals surface area (Å²) in [4.78, 5) is 14.4. The molecule has 0 unspecified atom stereocenters. The van der Waals surface area contributed by atoms with E-state index in [0.717, 1.165) is 63.6 Å². The molecule has 0 radical (unpaired) electrons. The van der Waals surface area contributed by atoms with E-state index in [4.69, 9.17) is 9.84 Å². The molecule has 0 atom stereocenters. The first-order valence-corrected chi connectivity index (χ1v) is 9.08. The third-order valence-electron chi connectivity index (χ3n) is 5.14. The smallest absolute Gasteiger partial charge is 0.266 e. The monoisotopic (exact) mass is 343 g/mol. The summed E-state index contributed by atoms with van der Waals surface area (Å²) in [7, 11) is 0. The number of aryl methyl sites for hydroxylation is 1. The van der Waals surface area contributed by atoms with Crippen LogP contribution in [0.15, 0.2) is 23.0 Å². The first-order valence-electron chi connectivity index (χ1n) is 9.08. The molecule has 2 aliphatic rings. The van der Waals surface area contributed by atoms with E-state index >= 15 is 0 Å². The van der Waals surface area contributed by atoms with Gasteiger partial charge in [-0.3, -0.25) is 14.4 Å². The van der Waals surface area contributed by atoms with Crippen LogP contribution in [0.1, 0.15) is 29.9 Å². The lowest BCUT2D eigenvalue weighted by molar-refractivity contribution is 0.0799. The molecule has 0 bridgehead atoms. The van der Waals surface area contributed by atoms with Gasteiger partial charge >= 0.3 is 0 Å². The Labute approximate surface area is 147 Å².